The SMILES string of the molecule is CC1Cc2c(I)ccnc2N1. The molecule has 0 aromatic carbocycles. The molecule has 0 aliphatic carbocycles. The predicted molar refractivity (Wildman–Crippen MR) is 53.7 cm³/mol. The maximum atomic E-state index is 4.25. The summed E-state index contributed by atoms with van der Waals surface area (Å²) in [5.74, 6) is 1.07. The van der Waals surface area contributed by atoms with Crippen LogP contribution in [0.5, 0.6) is 0 Å². The zero-order valence-electron chi connectivity index (χ0n) is 6.26. The molecule has 0 saturated carbocycles. The first-order valence-corrected chi connectivity index (χ1v) is 4.75. The van der Waals surface area contributed by atoms with Crippen LogP contribution in [0.1, 0.15) is 12.5 Å². The second-order valence-electron chi connectivity index (χ2n) is 2.87. The van der Waals surface area contributed by atoms with Crippen LogP contribution in [0.4, 0.5) is 5.82 Å². The zero-order valence-corrected chi connectivity index (χ0v) is 8.42. The van der Waals surface area contributed by atoms with Crippen molar-refractivity contribution in [3.63, 3.8) is 0 Å². The minimum atomic E-state index is 0.549. The number of nitrogens with one attached hydrogen (secondary N) is 1. The van der Waals surface area contributed by atoms with Gasteiger partial charge in [-0.1, -0.05) is 0 Å². The van der Waals surface area contributed by atoms with Gasteiger partial charge in [0.15, 0.2) is 0 Å². The van der Waals surface area contributed by atoms with Gasteiger partial charge in [0.25, 0.3) is 0 Å². The van der Waals surface area contributed by atoms with E-state index in [9.17, 15) is 0 Å². The minimum absolute atomic E-state index is 0.549. The van der Waals surface area contributed by atoms with Gasteiger partial charge < -0.3 is 5.32 Å². The summed E-state index contributed by atoms with van der Waals surface area (Å²) in [5.41, 5.74) is 1.38. The van der Waals surface area contributed by atoms with Gasteiger partial charge in [0.2, 0.25) is 0 Å². The maximum Gasteiger partial charge on any atom is 0.130 e. The van der Waals surface area contributed by atoms with Crippen LogP contribution in [0.2, 0.25) is 0 Å². The summed E-state index contributed by atoms with van der Waals surface area (Å²) in [5, 5.41) is 3.32. The van der Waals surface area contributed by atoms with E-state index in [0.29, 0.717) is 6.04 Å². The molecule has 1 atom stereocenters. The first kappa shape index (κ1) is 7.34. The van der Waals surface area contributed by atoms with Crippen LogP contribution in [0.25, 0.3) is 0 Å². The van der Waals surface area contributed by atoms with E-state index in [-0.39, 0.29) is 0 Å². The number of anilines is 1. The summed E-state index contributed by atoms with van der Waals surface area (Å²) in [6.45, 7) is 2.18. The van der Waals surface area contributed by atoms with Crippen molar-refractivity contribution in [1.82, 2.24) is 4.98 Å². The number of nitrogens with zero attached hydrogens (tertiary/aromatic N) is 1. The van der Waals surface area contributed by atoms with Gasteiger partial charge in [-0.05, 0) is 42.0 Å². The van der Waals surface area contributed by atoms with Gasteiger partial charge in [-0.15, -0.1) is 0 Å². The highest BCUT2D eigenvalue weighted by molar-refractivity contribution is 14.1. The number of halogens is 1. The molecule has 2 rings (SSSR count). The molecule has 1 aromatic rings. The fourth-order valence-corrected chi connectivity index (χ4v) is 2.01. The molecule has 58 valence electrons. The summed E-state index contributed by atoms with van der Waals surface area (Å²) >= 11 is 2.36. The van der Waals surface area contributed by atoms with Crippen LogP contribution in [0, 0.1) is 3.57 Å². The second kappa shape index (κ2) is 2.62. The number of hydrogen-bond donors (Lipinski definition) is 1. The van der Waals surface area contributed by atoms with Crippen LogP contribution in [0.15, 0.2) is 12.3 Å². The first-order valence-electron chi connectivity index (χ1n) is 3.67. The fraction of sp³-hybridized carbons (Fsp3) is 0.375. The molecule has 0 amide bonds. The Morgan fingerprint density at radius 1 is 1.73 bits per heavy atom. The van der Waals surface area contributed by atoms with Gasteiger partial charge in [-0.25, -0.2) is 4.98 Å². The lowest BCUT2D eigenvalue weighted by atomic mass is 10.2. The number of aromatic nitrogens is 1. The lowest BCUT2D eigenvalue weighted by Crippen LogP contribution is -2.08. The number of rotatable bonds is 0. The lowest BCUT2D eigenvalue weighted by molar-refractivity contribution is 0.836. The number of fused-ring (bicyclic) bond motifs is 1. The summed E-state index contributed by atoms with van der Waals surface area (Å²) in [6, 6.07) is 2.60. The number of hydrogen-bond acceptors (Lipinski definition) is 2. The van der Waals surface area contributed by atoms with Gasteiger partial charge in [0.05, 0.1) is 0 Å². The van der Waals surface area contributed by atoms with Crippen LogP contribution >= 0.6 is 22.6 Å². The van der Waals surface area contributed by atoms with Crippen molar-refractivity contribution in [2.24, 2.45) is 0 Å². The molecule has 1 N–H and O–H groups in total. The van der Waals surface area contributed by atoms with Crippen LogP contribution in [0.3, 0.4) is 0 Å². The molecule has 0 bridgehead atoms. The summed E-state index contributed by atoms with van der Waals surface area (Å²) < 4.78 is 1.32. The Hall–Kier alpha value is -0.320. The number of pyridine rings is 1. The van der Waals surface area contributed by atoms with Crippen molar-refractivity contribution in [2.45, 2.75) is 19.4 Å². The molecule has 1 aliphatic rings. The van der Waals surface area contributed by atoms with Gasteiger partial charge in [0.1, 0.15) is 5.82 Å². The Morgan fingerprint density at radius 2 is 2.55 bits per heavy atom. The smallest absolute Gasteiger partial charge is 0.130 e. The van der Waals surface area contributed by atoms with E-state index < -0.39 is 0 Å². The van der Waals surface area contributed by atoms with E-state index >= 15 is 0 Å². The standard InChI is InChI=1S/C8H9IN2/c1-5-4-6-7(9)2-3-10-8(6)11-5/h2-3,5H,4H2,1H3,(H,10,11). The third kappa shape index (κ3) is 1.21. The van der Waals surface area contributed by atoms with E-state index in [1.807, 2.05) is 6.20 Å². The Morgan fingerprint density at radius 3 is 3.27 bits per heavy atom. The van der Waals surface area contributed by atoms with Crippen LogP contribution in [-0.4, -0.2) is 11.0 Å². The molecule has 3 heteroatoms. The van der Waals surface area contributed by atoms with Gasteiger partial charge in [-0.2, -0.15) is 0 Å². The van der Waals surface area contributed by atoms with E-state index in [2.05, 4.69) is 45.9 Å². The summed E-state index contributed by atoms with van der Waals surface area (Å²) in [6.07, 6.45) is 2.97. The van der Waals surface area contributed by atoms with Crippen LogP contribution < -0.4 is 5.32 Å². The van der Waals surface area contributed by atoms with E-state index in [0.717, 1.165) is 12.2 Å². The third-order valence-electron chi connectivity index (χ3n) is 1.89. The average Bonchev–Trinajstić information content (AvgIpc) is 2.31. The molecular formula is C8H9IN2. The quantitative estimate of drug-likeness (QED) is 0.722. The molecule has 11 heavy (non-hydrogen) atoms. The Bertz CT molecular complexity index is 285. The fourth-order valence-electron chi connectivity index (χ4n) is 1.38. The Kier molecular flexibility index (Phi) is 1.75. The average molecular weight is 260 g/mol. The van der Waals surface area contributed by atoms with Crippen molar-refractivity contribution >= 4 is 28.4 Å². The van der Waals surface area contributed by atoms with E-state index in [1.54, 1.807) is 0 Å². The molecule has 2 nitrogen and oxygen atoms in total. The van der Waals surface area contributed by atoms with Crippen molar-refractivity contribution < 1.29 is 0 Å². The topological polar surface area (TPSA) is 24.9 Å². The van der Waals surface area contributed by atoms with Gasteiger partial charge >= 0.3 is 0 Å². The van der Waals surface area contributed by atoms with Crippen molar-refractivity contribution in [2.75, 3.05) is 5.32 Å². The molecule has 2 heterocycles. The summed E-state index contributed by atoms with van der Waals surface area (Å²) in [7, 11) is 0. The van der Waals surface area contributed by atoms with Crippen molar-refractivity contribution in [3.8, 4) is 0 Å². The zero-order chi connectivity index (χ0) is 7.84. The van der Waals surface area contributed by atoms with Crippen LogP contribution in [-0.2, 0) is 6.42 Å². The first-order chi connectivity index (χ1) is 5.27. The molecule has 0 saturated heterocycles. The molecule has 0 fully saturated rings. The van der Waals surface area contributed by atoms with Crippen molar-refractivity contribution in [3.05, 3.63) is 21.4 Å². The highest BCUT2D eigenvalue weighted by atomic mass is 127. The molecule has 1 aromatic heterocycles. The minimum Gasteiger partial charge on any atom is -0.367 e. The lowest BCUT2D eigenvalue weighted by Gasteiger charge is -1.99. The third-order valence-corrected chi connectivity index (χ3v) is 2.90. The highest BCUT2D eigenvalue weighted by Gasteiger charge is 2.19. The summed E-state index contributed by atoms with van der Waals surface area (Å²) in [4.78, 5) is 4.25. The Balaban J connectivity index is 2.49. The predicted octanol–water partition coefficient (Wildman–Crippen LogP) is 2.04. The monoisotopic (exact) mass is 260 g/mol. The van der Waals surface area contributed by atoms with Crippen molar-refractivity contribution in [1.29, 1.82) is 0 Å². The maximum absolute atomic E-state index is 4.25. The normalized spacial score (nSPS) is 21.1. The molecule has 0 radical (unpaired) electrons. The Labute approximate surface area is 79.6 Å². The molecule has 0 spiro atoms. The van der Waals surface area contributed by atoms with E-state index in [1.165, 1.54) is 9.13 Å². The van der Waals surface area contributed by atoms with Gasteiger partial charge in [-0.3, -0.25) is 0 Å². The second-order valence-corrected chi connectivity index (χ2v) is 4.03. The van der Waals surface area contributed by atoms with E-state index in [4.69, 9.17) is 0 Å². The molecule has 1 unspecified atom stereocenters. The molecule has 1 aliphatic heterocycles. The molecular weight excluding hydrogens is 251 g/mol. The largest absolute Gasteiger partial charge is 0.367 e. The highest BCUT2D eigenvalue weighted by Crippen LogP contribution is 2.26. The van der Waals surface area contributed by atoms with Gasteiger partial charge in [0, 0.05) is 21.4 Å².